The Morgan fingerprint density at radius 2 is 1.81 bits per heavy atom. The van der Waals surface area contributed by atoms with Crippen molar-refractivity contribution in [3.8, 4) is 0 Å². The molecule has 1 aromatic rings. The van der Waals surface area contributed by atoms with Crippen LogP contribution in [0.1, 0.15) is 5.56 Å². The topological polar surface area (TPSA) is 20.2 Å². The number of hydrogen-bond acceptors (Lipinski definition) is 1. The smallest absolute Gasteiger partial charge is 0.383 e. The zero-order valence-electron chi connectivity index (χ0n) is 7.65. The van der Waals surface area contributed by atoms with Crippen LogP contribution in [0, 0.1) is 11.6 Å². The van der Waals surface area contributed by atoms with Gasteiger partial charge in [-0.2, -0.15) is 13.2 Å². The van der Waals surface area contributed by atoms with Crippen LogP contribution in [0.15, 0.2) is 16.6 Å². The first-order valence-corrected chi connectivity index (χ1v) is 4.90. The highest BCUT2D eigenvalue weighted by Crippen LogP contribution is 2.27. The van der Waals surface area contributed by atoms with Crippen LogP contribution in [0.5, 0.6) is 0 Å². The van der Waals surface area contributed by atoms with Crippen molar-refractivity contribution in [1.82, 2.24) is 0 Å². The van der Waals surface area contributed by atoms with Gasteiger partial charge in [-0.05, 0) is 28.1 Å². The molecule has 0 radical (unpaired) electrons. The van der Waals surface area contributed by atoms with E-state index in [0.29, 0.717) is 0 Å². The summed E-state index contributed by atoms with van der Waals surface area (Å²) in [6.45, 7) is 0. The van der Waals surface area contributed by atoms with Crippen molar-refractivity contribution in [2.45, 2.75) is 18.7 Å². The van der Waals surface area contributed by atoms with Crippen LogP contribution in [0.25, 0.3) is 0 Å². The maximum Gasteiger partial charge on any atom is 0.414 e. The van der Waals surface area contributed by atoms with Gasteiger partial charge in [-0.3, -0.25) is 0 Å². The number of rotatable bonds is 2. The van der Waals surface area contributed by atoms with Gasteiger partial charge in [-0.25, -0.2) is 8.78 Å². The van der Waals surface area contributed by atoms with E-state index in [1.165, 1.54) is 0 Å². The summed E-state index contributed by atoms with van der Waals surface area (Å²) >= 11 is 2.72. The summed E-state index contributed by atoms with van der Waals surface area (Å²) in [4.78, 5) is 0. The lowest BCUT2D eigenvalue weighted by atomic mass is 10.1. The Bertz CT molecular complexity index is 390. The van der Waals surface area contributed by atoms with Crippen LogP contribution in [0.2, 0.25) is 0 Å². The quantitative estimate of drug-likeness (QED) is 0.657. The highest BCUT2D eigenvalue weighted by molar-refractivity contribution is 9.10. The molecule has 0 spiro atoms. The summed E-state index contributed by atoms with van der Waals surface area (Å²) in [5, 5.41) is 8.71. The summed E-state index contributed by atoms with van der Waals surface area (Å²) in [6.07, 6.45) is -8.84. The molecule has 16 heavy (non-hydrogen) atoms. The van der Waals surface area contributed by atoms with E-state index < -0.39 is 35.9 Å². The van der Waals surface area contributed by atoms with E-state index in [9.17, 15) is 22.0 Å². The Kier molecular flexibility index (Phi) is 3.90. The molecule has 1 N–H and O–H groups in total. The Balaban J connectivity index is 3.02. The van der Waals surface area contributed by atoms with Crippen molar-refractivity contribution in [3.63, 3.8) is 0 Å². The molecular formula is C9H6BrF5O. The van der Waals surface area contributed by atoms with E-state index in [1.807, 2.05) is 0 Å². The van der Waals surface area contributed by atoms with E-state index >= 15 is 0 Å². The van der Waals surface area contributed by atoms with E-state index in [1.54, 1.807) is 0 Å². The van der Waals surface area contributed by atoms with Gasteiger partial charge in [0, 0.05) is 12.0 Å². The number of aliphatic hydroxyl groups is 1. The summed E-state index contributed by atoms with van der Waals surface area (Å²) in [5.74, 6) is -2.26. The first kappa shape index (κ1) is 13.4. The third kappa shape index (κ3) is 2.91. The summed E-state index contributed by atoms with van der Waals surface area (Å²) in [5.41, 5.74) is -0.792. The van der Waals surface area contributed by atoms with Crippen molar-refractivity contribution < 1.29 is 27.1 Å². The Hall–Kier alpha value is -0.690. The fourth-order valence-electron chi connectivity index (χ4n) is 1.07. The monoisotopic (exact) mass is 304 g/mol. The van der Waals surface area contributed by atoms with Gasteiger partial charge in [-0.15, -0.1) is 0 Å². The maximum absolute atomic E-state index is 13.2. The maximum atomic E-state index is 13.2. The van der Waals surface area contributed by atoms with Gasteiger partial charge >= 0.3 is 6.18 Å². The molecule has 0 aliphatic carbocycles. The van der Waals surface area contributed by atoms with Crippen LogP contribution in [-0.2, 0) is 6.42 Å². The minimum atomic E-state index is -4.90. The van der Waals surface area contributed by atoms with Gasteiger partial charge in [-0.1, -0.05) is 0 Å². The molecule has 0 aliphatic rings. The molecule has 0 aromatic heterocycles. The highest BCUT2D eigenvalue weighted by atomic mass is 79.9. The van der Waals surface area contributed by atoms with Crippen molar-refractivity contribution in [2.75, 3.05) is 0 Å². The predicted octanol–water partition coefficient (Wildman–Crippen LogP) is 3.19. The number of alkyl halides is 3. The Morgan fingerprint density at radius 1 is 1.25 bits per heavy atom. The zero-order chi connectivity index (χ0) is 12.5. The molecule has 1 atom stereocenters. The lowest BCUT2D eigenvalue weighted by molar-refractivity contribution is -0.203. The first-order valence-electron chi connectivity index (χ1n) is 4.10. The molecular weight excluding hydrogens is 299 g/mol. The van der Waals surface area contributed by atoms with Gasteiger partial charge < -0.3 is 5.11 Å². The second-order valence-electron chi connectivity index (χ2n) is 3.08. The lowest BCUT2D eigenvalue weighted by Gasteiger charge is -2.15. The van der Waals surface area contributed by atoms with Crippen LogP contribution in [-0.4, -0.2) is 17.4 Å². The van der Waals surface area contributed by atoms with Crippen LogP contribution in [0.4, 0.5) is 22.0 Å². The van der Waals surface area contributed by atoms with E-state index in [-0.39, 0.29) is 4.47 Å². The molecule has 7 heteroatoms. The minimum Gasteiger partial charge on any atom is -0.383 e. The SMILES string of the molecule is O[C@H](Cc1c(F)ccc(Br)c1F)C(F)(F)F. The largest absolute Gasteiger partial charge is 0.414 e. The molecule has 90 valence electrons. The lowest BCUT2D eigenvalue weighted by Crippen LogP contribution is -2.31. The molecule has 0 amide bonds. The Morgan fingerprint density at radius 3 is 2.31 bits per heavy atom. The number of halogens is 6. The molecule has 0 fully saturated rings. The van der Waals surface area contributed by atoms with Crippen molar-refractivity contribution in [3.05, 3.63) is 33.8 Å². The molecule has 0 bridgehead atoms. The third-order valence-electron chi connectivity index (χ3n) is 1.91. The van der Waals surface area contributed by atoms with Gasteiger partial charge in [0.15, 0.2) is 6.10 Å². The van der Waals surface area contributed by atoms with Crippen LogP contribution >= 0.6 is 15.9 Å². The molecule has 0 saturated carbocycles. The van der Waals surface area contributed by atoms with Crippen molar-refractivity contribution >= 4 is 15.9 Å². The molecule has 1 aromatic carbocycles. The van der Waals surface area contributed by atoms with E-state index in [2.05, 4.69) is 15.9 Å². The zero-order valence-corrected chi connectivity index (χ0v) is 9.24. The molecule has 1 nitrogen and oxygen atoms in total. The molecule has 1 rings (SSSR count). The fourth-order valence-corrected chi connectivity index (χ4v) is 1.44. The van der Waals surface area contributed by atoms with E-state index in [0.717, 1.165) is 12.1 Å². The van der Waals surface area contributed by atoms with Crippen molar-refractivity contribution in [2.24, 2.45) is 0 Å². The molecule has 0 aliphatic heterocycles. The van der Waals surface area contributed by atoms with Crippen LogP contribution in [0.3, 0.4) is 0 Å². The minimum absolute atomic E-state index is 0.154. The predicted molar refractivity (Wildman–Crippen MR) is 49.8 cm³/mol. The van der Waals surface area contributed by atoms with Gasteiger partial charge in [0.1, 0.15) is 11.6 Å². The standard InChI is InChI=1S/C9H6BrF5O/c10-5-1-2-6(11)4(8(5)12)3-7(16)9(13,14)15/h1-2,7,16H,3H2/t7-/m1/s1. The fraction of sp³-hybridized carbons (Fsp3) is 0.333. The molecule has 0 heterocycles. The summed E-state index contributed by atoms with van der Waals surface area (Å²) < 4.78 is 62.1. The average molecular weight is 305 g/mol. The normalized spacial score (nSPS) is 13.9. The van der Waals surface area contributed by atoms with Gasteiger partial charge in [0.25, 0.3) is 0 Å². The highest BCUT2D eigenvalue weighted by Gasteiger charge is 2.39. The first-order chi connectivity index (χ1) is 7.23. The average Bonchev–Trinajstić information content (AvgIpc) is 2.17. The second kappa shape index (κ2) is 4.67. The third-order valence-corrected chi connectivity index (χ3v) is 2.53. The number of aliphatic hydroxyl groups excluding tert-OH is 1. The van der Waals surface area contributed by atoms with Gasteiger partial charge in [0.2, 0.25) is 0 Å². The molecule has 0 unspecified atom stereocenters. The summed E-state index contributed by atoms with van der Waals surface area (Å²) in [7, 11) is 0. The number of benzene rings is 1. The van der Waals surface area contributed by atoms with Gasteiger partial charge in [0.05, 0.1) is 4.47 Å². The second-order valence-corrected chi connectivity index (χ2v) is 3.94. The number of hydrogen-bond donors (Lipinski definition) is 1. The van der Waals surface area contributed by atoms with Crippen LogP contribution < -0.4 is 0 Å². The summed E-state index contributed by atoms with van der Waals surface area (Å²) in [6, 6.07) is 1.86. The van der Waals surface area contributed by atoms with Crippen molar-refractivity contribution in [1.29, 1.82) is 0 Å². The van der Waals surface area contributed by atoms with E-state index in [4.69, 9.17) is 5.11 Å². The Labute approximate surface area is 96.0 Å². The molecule has 0 saturated heterocycles.